The Labute approximate surface area is 111 Å². The van der Waals surface area contributed by atoms with E-state index in [-0.39, 0.29) is 11.2 Å². The van der Waals surface area contributed by atoms with E-state index < -0.39 is 9.84 Å². The molecule has 0 N–H and O–H groups in total. The molecule has 0 fully saturated rings. The van der Waals surface area contributed by atoms with E-state index in [1.54, 1.807) is 13.8 Å². The molecule has 0 radical (unpaired) electrons. The Balaban J connectivity index is 2.11. The van der Waals surface area contributed by atoms with Crippen molar-refractivity contribution in [2.75, 3.05) is 5.75 Å². The Hall–Kier alpha value is -0.350. The molecule has 0 bridgehead atoms. The van der Waals surface area contributed by atoms with Crippen LogP contribution in [0.5, 0.6) is 0 Å². The first-order chi connectivity index (χ1) is 7.88. The van der Waals surface area contributed by atoms with Gasteiger partial charge in [0.05, 0.1) is 11.0 Å². The van der Waals surface area contributed by atoms with Crippen molar-refractivity contribution >= 4 is 25.8 Å². The summed E-state index contributed by atoms with van der Waals surface area (Å²) in [5.74, 6) is 0.573. The van der Waals surface area contributed by atoms with E-state index in [0.717, 1.165) is 17.3 Å². The Morgan fingerprint density at radius 1 is 1.29 bits per heavy atom. The number of rotatable bonds is 3. The fraction of sp³-hybridized carbons (Fsp3) is 0.538. The molecule has 0 spiro atoms. The van der Waals surface area contributed by atoms with Gasteiger partial charge in [-0.25, -0.2) is 8.42 Å². The lowest BCUT2D eigenvalue weighted by Crippen LogP contribution is -2.23. The quantitative estimate of drug-likeness (QED) is 0.859. The average Bonchev–Trinajstić information content (AvgIpc) is 2.57. The first kappa shape index (κ1) is 13.1. The van der Waals surface area contributed by atoms with Crippen LogP contribution in [0, 0.1) is 5.92 Å². The molecule has 4 heteroatoms. The molecule has 0 aliphatic heterocycles. The van der Waals surface area contributed by atoms with Crippen molar-refractivity contribution in [2.24, 2.45) is 5.92 Å². The Morgan fingerprint density at radius 3 is 2.59 bits per heavy atom. The minimum absolute atomic E-state index is 0.256. The van der Waals surface area contributed by atoms with Gasteiger partial charge in [-0.1, -0.05) is 22.0 Å². The summed E-state index contributed by atoms with van der Waals surface area (Å²) >= 11 is 3.45. The Kier molecular flexibility index (Phi) is 3.64. The molecule has 0 amide bonds. The van der Waals surface area contributed by atoms with Crippen molar-refractivity contribution in [2.45, 2.75) is 31.9 Å². The molecule has 1 aliphatic carbocycles. The third-order valence-electron chi connectivity index (χ3n) is 3.37. The summed E-state index contributed by atoms with van der Waals surface area (Å²) in [6, 6.07) is 6.23. The van der Waals surface area contributed by atoms with Gasteiger partial charge in [0.2, 0.25) is 0 Å². The third kappa shape index (κ3) is 2.91. The zero-order chi connectivity index (χ0) is 12.6. The van der Waals surface area contributed by atoms with Gasteiger partial charge in [-0.3, -0.25) is 0 Å². The van der Waals surface area contributed by atoms with Gasteiger partial charge < -0.3 is 0 Å². The molecule has 1 atom stereocenters. The van der Waals surface area contributed by atoms with Crippen LogP contribution in [0.25, 0.3) is 0 Å². The smallest absolute Gasteiger partial charge is 0.152 e. The summed E-state index contributed by atoms with van der Waals surface area (Å²) in [7, 11) is -2.92. The molecule has 1 aromatic carbocycles. The van der Waals surface area contributed by atoms with Crippen LogP contribution in [0.15, 0.2) is 22.7 Å². The Morgan fingerprint density at radius 2 is 1.94 bits per heavy atom. The van der Waals surface area contributed by atoms with E-state index in [2.05, 4.69) is 28.1 Å². The monoisotopic (exact) mass is 316 g/mol. The molecule has 1 aliphatic rings. The second-order valence-corrected chi connectivity index (χ2v) is 8.58. The zero-order valence-corrected chi connectivity index (χ0v) is 12.5. The highest BCUT2D eigenvalue weighted by Crippen LogP contribution is 2.30. The molecule has 2 nitrogen and oxygen atoms in total. The molecule has 1 aromatic rings. The van der Waals surface area contributed by atoms with Crippen molar-refractivity contribution in [3.8, 4) is 0 Å². The molecular weight excluding hydrogens is 300 g/mol. The fourth-order valence-electron chi connectivity index (χ4n) is 2.32. The number of sulfone groups is 1. The number of fused-ring (bicyclic) bond motifs is 1. The molecule has 0 unspecified atom stereocenters. The van der Waals surface area contributed by atoms with Gasteiger partial charge in [-0.2, -0.15) is 0 Å². The molecule has 0 aromatic heterocycles. The molecule has 17 heavy (non-hydrogen) atoms. The van der Waals surface area contributed by atoms with Crippen molar-refractivity contribution < 1.29 is 8.42 Å². The predicted molar refractivity (Wildman–Crippen MR) is 74.0 cm³/mol. The summed E-state index contributed by atoms with van der Waals surface area (Å²) in [4.78, 5) is 0. The lowest BCUT2D eigenvalue weighted by atomic mass is 10.1. The van der Waals surface area contributed by atoms with Gasteiger partial charge in [0.1, 0.15) is 0 Å². The van der Waals surface area contributed by atoms with Crippen molar-refractivity contribution in [3.05, 3.63) is 33.8 Å². The first-order valence-electron chi connectivity index (χ1n) is 5.87. The van der Waals surface area contributed by atoms with Crippen molar-refractivity contribution in [1.82, 2.24) is 0 Å². The topological polar surface area (TPSA) is 34.1 Å². The molecular formula is C13H17BrO2S. The van der Waals surface area contributed by atoms with E-state index in [4.69, 9.17) is 0 Å². The van der Waals surface area contributed by atoms with Gasteiger partial charge >= 0.3 is 0 Å². The van der Waals surface area contributed by atoms with Gasteiger partial charge in [-0.05, 0) is 55.9 Å². The number of hydrogen-bond donors (Lipinski definition) is 0. The lowest BCUT2D eigenvalue weighted by Gasteiger charge is -2.12. The van der Waals surface area contributed by atoms with Crippen molar-refractivity contribution in [1.29, 1.82) is 0 Å². The third-order valence-corrected chi connectivity index (χ3v) is 6.24. The highest BCUT2D eigenvalue weighted by atomic mass is 79.9. The van der Waals surface area contributed by atoms with Crippen LogP contribution in [0.3, 0.4) is 0 Å². The summed E-state index contributed by atoms with van der Waals surface area (Å²) in [5.41, 5.74) is 2.60. The maximum absolute atomic E-state index is 11.9. The van der Waals surface area contributed by atoms with Crippen LogP contribution in [-0.4, -0.2) is 19.4 Å². The molecule has 2 rings (SSSR count). The SMILES string of the molecule is CC(C)S(=O)(=O)C[C@@H]1Cc2ccc(Br)cc2C1. The van der Waals surface area contributed by atoms with Crippen LogP contribution in [0.4, 0.5) is 0 Å². The number of hydrogen-bond acceptors (Lipinski definition) is 2. The van der Waals surface area contributed by atoms with Gasteiger partial charge in [-0.15, -0.1) is 0 Å². The summed E-state index contributed by atoms with van der Waals surface area (Å²) in [6.45, 7) is 3.52. The summed E-state index contributed by atoms with van der Waals surface area (Å²) < 4.78 is 24.9. The summed E-state index contributed by atoms with van der Waals surface area (Å²) in [6.07, 6.45) is 1.79. The second kappa shape index (κ2) is 4.73. The minimum atomic E-state index is -2.92. The van der Waals surface area contributed by atoms with E-state index in [0.29, 0.717) is 5.75 Å². The molecule has 0 heterocycles. The van der Waals surface area contributed by atoms with Crippen LogP contribution in [-0.2, 0) is 22.7 Å². The normalized spacial score (nSPS) is 19.6. The predicted octanol–water partition coefficient (Wildman–Crippen LogP) is 2.99. The largest absolute Gasteiger partial charge is 0.229 e. The lowest BCUT2D eigenvalue weighted by molar-refractivity contribution is 0.557. The van der Waals surface area contributed by atoms with Crippen LogP contribution in [0.1, 0.15) is 25.0 Å². The highest BCUT2D eigenvalue weighted by Gasteiger charge is 2.27. The minimum Gasteiger partial charge on any atom is -0.229 e. The fourth-order valence-corrected chi connectivity index (χ4v) is 4.00. The van der Waals surface area contributed by atoms with Crippen LogP contribution >= 0.6 is 15.9 Å². The van der Waals surface area contributed by atoms with Crippen LogP contribution < -0.4 is 0 Å². The average molecular weight is 317 g/mol. The first-order valence-corrected chi connectivity index (χ1v) is 8.38. The van der Waals surface area contributed by atoms with E-state index in [1.807, 2.05) is 6.07 Å². The summed E-state index contributed by atoms with van der Waals surface area (Å²) in [5, 5.41) is -0.266. The Bertz CT molecular complexity index is 520. The van der Waals surface area contributed by atoms with E-state index >= 15 is 0 Å². The van der Waals surface area contributed by atoms with E-state index in [1.165, 1.54) is 11.1 Å². The number of halogens is 1. The molecule has 0 saturated heterocycles. The van der Waals surface area contributed by atoms with Crippen molar-refractivity contribution in [3.63, 3.8) is 0 Å². The van der Waals surface area contributed by atoms with Gasteiger partial charge in [0.15, 0.2) is 9.84 Å². The highest BCUT2D eigenvalue weighted by molar-refractivity contribution is 9.10. The second-order valence-electron chi connectivity index (χ2n) is 5.07. The number of benzene rings is 1. The maximum atomic E-state index is 11.9. The maximum Gasteiger partial charge on any atom is 0.152 e. The van der Waals surface area contributed by atoms with Gasteiger partial charge in [0.25, 0.3) is 0 Å². The van der Waals surface area contributed by atoms with E-state index in [9.17, 15) is 8.42 Å². The van der Waals surface area contributed by atoms with Crippen LogP contribution in [0.2, 0.25) is 0 Å². The molecule has 0 saturated carbocycles. The zero-order valence-electron chi connectivity index (χ0n) is 10.1. The molecule has 94 valence electrons. The van der Waals surface area contributed by atoms with Gasteiger partial charge in [0, 0.05) is 4.47 Å². The standard InChI is InChI=1S/C13H17BrO2S/c1-9(2)17(15,16)8-10-5-11-3-4-13(14)7-12(11)6-10/h3-4,7,9-10H,5-6,8H2,1-2H3/t10-/m1/s1.